The summed E-state index contributed by atoms with van der Waals surface area (Å²) in [5.74, 6) is -0.534. The molecule has 308 valence electrons. The number of hydrogen-bond donors (Lipinski definition) is 2. The van der Waals surface area contributed by atoms with Crippen molar-refractivity contribution in [2.75, 3.05) is 20.4 Å². The molecule has 0 spiro atoms. The average molecular weight is 872 g/mol. The first-order valence-corrected chi connectivity index (χ1v) is 21.2. The third-order valence-electron chi connectivity index (χ3n) is 9.32. The highest BCUT2D eigenvalue weighted by Crippen LogP contribution is 2.40. The molecule has 18 heteroatoms. The average Bonchev–Trinajstić information content (AvgIpc) is 3.69. The number of aryl methyl sites for hydroxylation is 2. The van der Waals surface area contributed by atoms with Crippen molar-refractivity contribution < 1.29 is 41.2 Å². The first kappa shape index (κ1) is 44.2. The fourth-order valence-corrected chi connectivity index (χ4v) is 7.73. The molecule has 0 fully saturated rings. The van der Waals surface area contributed by atoms with E-state index in [1.165, 1.54) is 55.6 Å². The van der Waals surface area contributed by atoms with Crippen LogP contribution in [0, 0.1) is 18.6 Å². The van der Waals surface area contributed by atoms with E-state index in [-0.39, 0.29) is 28.0 Å². The fraction of sp³-hybridized carbons (Fsp3) is 0.167. The Morgan fingerprint density at radius 3 is 1.93 bits per heavy atom. The lowest BCUT2D eigenvalue weighted by atomic mass is 9.81. The maximum Gasteiger partial charge on any atom is 0.488 e. The predicted octanol–water partition coefficient (Wildman–Crippen LogP) is 8.45. The minimum Gasteiger partial charge on any atom is -0.423 e. The number of sulfone groups is 1. The Hall–Kier alpha value is -5.40. The summed E-state index contributed by atoms with van der Waals surface area (Å²) in [6.07, 6.45) is 1.09. The number of nitrogens with zero attached hydrogens (tertiary/aromatic N) is 6. The fourth-order valence-electron chi connectivity index (χ4n) is 6.38. The summed E-state index contributed by atoms with van der Waals surface area (Å²) in [6.45, 7) is 3.98. The number of rotatable bonds is 8. The zero-order valence-corrected chi connectivity index (χ0v) is 35.6. The van der Waals surface area contributed by atoms with E-state index >= 15 is 0 Å². The Morgan fingerprint density at radius 2 is 1.40 bits per heavy atom. The van der Waals surface area contributed by atoms with Gasteiger partial charge in [-0.2, -0.15) is 9.43 Å². The zero-order valence-electron chi connectivity index (χ0n) is 33.2. The number of benzene rings is 4. The molecule has 0 aliphatic carbocycles. The second-order valence-corrected chi connectivity index (χ2v) is 16.7. The monoisotopic (exact) mass is 871 g/mol. The van der Waals surface area contributed by atoms with Crippen molar-refractivity contribution >= 4 is 62.7 Å². The van der Waals surface area contributed by atoms with Gasteiger partial charge in [0.2, 0.25) is 5.15 Å². The maximum atomic E-state index is 13.3. The molecule has 0 radical (unpaired) electrons. The number of hydrogen-bond acceptors (Lipinski definition) is 11. The molecule has 60 heavy (non-hydrogen) atoms. The molecule has 0 bridgehead atoms. The molecule has 3 aromatic heterocycles. The number of azo groups is 2. The second kappa shape index (κ2) is 18.9. The summed E-state index contributed by atoms with van der Waals surface area (Å²) in [5.41, 5.74) is 9.03. The van der Waals surface area contributed by atoms with E-state index in [1.54, 1.807) is 29.0 Å². The molecule has 0 amide bonds. The van der Waals surface area contributed by atoms with Crippen molar-refractivity contribution in [1.29, 1.82) is 0 Å². The van der Waals surface area contributed by atoms with Crippen LogP contribution in [0.4, 0.5) is 14.5 Å². The Labute approximate surface area is 355 Å². The van der Waals surface area contributed by atoms with E-state index in [0.29, 0.717) is 5.15 Å². The van der Waals surface area contributed by atoms with Crippen molar-refractivity contribution in [3.63, 3.8) is 0 Å². The summed E-state index contributed by atoms with van der Waals surface area (Å²) in [5, 5.41) is 27.9. The second-order valence-electron chi connectivity index (χ2n) is 13.6. The lowest BCUT2D eigenvalue weighted by molar-refractivity contribution is -0.477. The summed E-state index contributed by atoms with van der Waals surface area (Å²) in [4.78, 5) is 15.0. The smallest absolute Gasteiger partial charge is 0.423 e. The molecule has 12 nitrogen and oxygen atoms in total. The lowest BCUT2D eigenvalue weighted by Gasteiger charge is -2.09. The van der Waals surface area contributed by atoms with Gasteiger partial charge >= 0.3 is 7.12 Å². The van der Waals surface area contributed by atoms with E-state index in [2.05, 4.69) is 20.1 Å². The first-order chi connectivity index (χ1) is 28.5. The Bertz CT molecular complexity index is 2780. The van der Waals surface area contributed by atoms with Gasteiger partial charge in [0.05, 0.1) is 57.9 Å². The molecule has 8 rings (SSSR count). The molecule has 1 unspecified atom stereocenters. The third kappa shape index (κ3) is 10.3. The van der Waals surface area contributed by atoms with Crippen LogP contribution >= 0.6 is 23.6 Å². The van der Waals surface area contributed by atoms with Crippen LogP contribution in [-0.2, 0) is 26.1 Å². The Balaban J connectivity index is 0.000000163. The van der Waals surface area contributed by atoms with Crippen LogP contribution in [0.25, 0.3) is 44.7 Å². The highest BCUT2D eigenvalue weighted by Gasteiger charge is 2.32. The van der Waals surface area contributed by atoms with Crippen molar-refractivity contribution in [2.45, 2.75) is 29.7 Å². The van der Waals surface area contributed by atoms with Crippen LogP contribution in [0.5, 0.6) is 0 Å². The topological polar surface area (TPSA) is 152 Å². The van der Waals surface area contributed by atoms with Gasteiger partial charge in [-0.1, -0.05) is 40.6 Å². The van der Waals surface area contributed by atoms with E-state index in [4.69, 9.17) is 31.0 Å². The van der Waals surface area contributed by atoms with Crippen molar-refractivity contribution in [3.8, 4) is 33.8 Å². The van der Waals surface area contributed by atoms with Crippen LogP contribution in [0.3, 0.4) is 0 Å². The number of halogens is 3. The predicted molar refractivity (Wildman–Crippen MR) is 229 cm³/mol. The normalized spacial score (nSPS) is 13.2. The minimum atomic E-state index is -3.21. The highest BCUT2D eigenvalue weighted by atomic mass is 35.5. The van der Waals surface area contributed by atoms with Gasteiger partial charge in [0.15, 0.2) is 16.9 Å². The molecule has 4 heterocycles. The number of fused-ring (bicyclic) bond motifs is 2. The molecule has 0 saturated heterocycles. The summed E-state index contributed by atoms with van der Waals surface area (Å²) in [7, 11) is 0.462. The summed E-state index contributed by atoms with van der Waals surface area (Å²) >= 11 is 7.37. The molecule has 2 N–H and O–H groups in total. The molecule has 4 aromatic carbocycles. The van der Waals surface area contributed by atoms with Gasteiger partial charge in [0, 0.05) is 40.3 Å². The van der Waals surface area contributed by atoms with E-state index in [1.807, 2.05) is 69.0 Å². The summed E-state index contributed by atoms with van der Waals surface area (Å²) < 4.78 is 56.8. The van der Waals surface area contributed by atoms with Crippen molar-refractivity contribution in [3.05, 3.63) is 137 Å². The molecule has 1 aliphatic heterocycles. The maximum absolute atomic E-state index is 13.3. The van der Waals surface area contributed by atoms with Gasteiger partial charge in [-0.05, 0) is 109 Å². The molecular formula is C42H39BClF2N6O6S2+. The first-order valence-electron chi connectivity index (χ1n) is 18.2. The number of aromatic nitrogens is 4. The lowest BCUT2D eigenvalue weighted by Crippen LogP contribution is -2.29. The molecule has 1 aliphatic rings. The molecular weight excluding hydrogens is 833 g/mol. The van der Waals surface area contributed by atoms with Crippen LogP contribution < -0.4 is 5.46 Å². The molecule has 0 saturated carbocycles. The molecule has 7 aromatic rings. The highest BCUT2D eigenvalue weighted by molar-refractivity contribution is 7.94. The van der Waals surface area contributed by atoms with Gasteiger partial charge in [0.1, 0.15) is 17.7 Å². The Kier molecular flexibility index (Phi) is 13.9. The van der Waals surface area contributed by atoms with Crippen LogP contribution in [0.15, 0.2) is 124 Å². The van der Waals surface area contributed by atoms with Crippen LogP contribution in [0.1, 0.15) is 24.2 Å². The van der Waals surface area contributed by atoms with E-state index in [0.717, 1.165) is 84.8 Å². The Morgan fingerprint density at radius 1 is 0.850 bits per heavy atom. The van der Waals surface area contributed by atoms with E-state index < -0.39 is 17.0 Å². The quantitative estimate of drug-likeness (QED) is 0.0380. The molecule has 1 atom stereocenters. The summed E-state index contributed by atoms with van der Waals surface area (Å²) in [6, 6.07) is 29.9. The zero-order chi connectivity index (χ0) is 43.3. The van der Waals surface area contributed by atoms with Crippen molar-refractivity contribution in [2.24, 2.45) is 12.2 Å². The SMILES string of the molecule is CC1N=[N+](C)c2c1cc(-c1ccc(F)cc1)nc2Cl.COOSc1ccc(-c2nc(-c3ccc(F)cc3)cc3c(C)nn(C)c23)cc1.CS(=O)(=O)c1ccc(B(O)O)cc1. The van der Waals surface area contributed by atoms with E-state index in [9.17, 15) is 17.2 Å². The minimum absolute atomic E-state index is 0.0553. The standard InChI is InChI=1S/C21H18FN3O2S.C14H12ClFN3.C7H9BO4S/c1-13-18-12-19(14-4-8-16(22)9-5-14)23-20(21(18)25(2)24-13)15-6-10-17(11-7-15)28-27-26-3;1-8-11-7-12(9-3-5-10(16)6-4-9)17-14(15)13(11)19(2)18-8;1-13(11,12)7-4-2-6(3-5-7)8(9)10/h4-12H,1-3H3;3-8H,1-2H3;2-5,9-10H,1H3/q;+1;. The number of pyridine rings is 2. The largest absolute Gasteiger partial charge is 0.488 e. The van der Waals surface area contributed by atoms with Gasteiger partial charge < -0.3 is 10.0 Å². The van der Waals surface area contributed by atoms with Gasteiger partial charge in [-0.15, -0.1) is 0 Å². The van der Waals surface area contributed by atoms with Crippen LogP contribution in [0.2, 0.25) is 5.15 Å². The third-order valence-corrected chi connectivity index (χ3v) is 11.4. The van der Waals surface area contributed by atoms with Crippen LogP contribution in [-0.4, -0.2) is 70.4 Å². The van der Waals surface area contributed by atoms with Gasteiger partial charge in [-0.3, -0.25) is 4.68 Å². The van der Waals surface area contributed by atoms with Gasteiger partial charge in [-0.25, -0.2) is 32.1 Å². The van der Waals surface area contributed by atoms with Crippen molar-refractivity contribution in [1.82, 2.24) is 19.7 Å². The van der Waals surface area contributed by atoms with Gasteiger partial charge in [0.25, 0.3) is 5.69 Å².